The summed E-state index contributed by atoms with van der Waals surface area (Å²) in [7, 11) is 3.78. The Morgan fingerprint density at radius 1 is 1.43 bits per heavy atom. The summed E-state index contributed by atoms with van der Waals surface area (Å²) in [5, 5.41) is 9.97. The van der Waals surface area contributed by atoms with Gasteiger partial charge in [-0.1, -0.05) is 12.2 Å². The highest BCUT2D eigenvalue weighted by atomic mass is 16.5. The molecule has 3 atom stereocenters. The smallest absolute Gasteiger partial charge is 0.170 e. The Morgan fingerprint density at radius 2 is 2.29 bits per heavy atom. The number of aliphatic hydroxyl groups is 1. The highest BCUT2D eigenvalue weighted by molar-refractivity contribution is 5.83. The molecule has 0 amide bonds. The number of aliphatic hydroxyl groups excluding tert-OH is 1. The lowest BCUT2D eigenvalue weighted by molar-refractivity contribution is -0.493. The van der Waals surface area contributed by atoms with Crippen molar-refractivity contribution in [3.8, 4) is 11.5 Å². The van der Waals surface area contributed by atoms with Crippen molar-refractivity contribution in [1.82, 2.24) is 0 Å². The fraction of sp³-hybridized carbons (Fsp3) is 0.471. The molecule has 0 saturated heterocycles. The van der Waals surface area contributed by atoms with Crippen molar-refractivity contribution in [3.63, 3.8) is 0 Å². The van der Waals surface area contributed by atoms with E-state index in [0.29, 0.717) is 6.42 Å². The standard InChI is InChI=1S/C17H20NO3/c1-18-8-7-17-6-5-12(19)9-14(17)21-16-13(20-2)4-3-11(10-18)15(16)17/h3-6,10,12,14,19H,7-9H2,1-2H3/q+1. The van der Waals surface area contributed by atoms with Crippen molar-refractivity contribution in [1.29, 1.82) is 0 Å². The molecule has 4 rings (SSSR count). The van der Waals surface area contributed by atoms with Gasteiger partial charge in [0.05, 0.1) is 18.6 Å². The Labute approximate surface area is 124 Å². The quantitative estimate of drug-likeness (QED) is 0.628. The number of rotatable bonds is 1. The van der Waals surface area contributed by atoms with Crippen LogP contribution in [0.2, 0.25) is 0 Å². The minimum absolute atomic E-state index is 0.0116. The molecule has 2 heterocycles. The van der Waals surface area contributed by atoms with E-state index in [9.17, 15) is 5.11 Å². The molecule has 3 aliphatic rings. The Morgan fingerprint density at radius 3 is 3.10 bits per heavy atom. The second-order valence-electron chi connectivity index (χ2n) is 6.23. The molecule has 0 radical (unpaired) electrons. The molecule has 0 saturated carbocycles. The Balaban J connectivity index is 1.99. The third kappa shape index (κ3) is 1.69. The first-order valence-corrected chi connectivity index (χ1v) is 7.45. The van der Waals surface area contributed by atoms with Gasteiger partial charge in [-0.25, -0.2) is 4.58 Å². The SMILES string of the molecule is COc1ccc2c3c1OC1CC(O)C=CC31CC[N+](C)=C2. The predicted molar refractivity (Wildman–Crippen MR) is 79.7 cm³/mol. The van der Waals surface area contributed by atoms with E-state index in [-0.39, 0.29) is 11.5 Å². The van der Waals surface area contributed by atoms with Crippen LogP contribution in [0.1, 0.15) is 24.0 Å². The predicted octanol–water partition coefficient (Wildman–Crippen LogP) is 1.48. The maximum absolute atomic E-state index is 9.97. The maximum atomic E-state index is 9.97. The summed E-state index contributed by atoms with van der Waals surface area (Å²) in [5.74, 6) is 1.63. The van der Waals surface area contributed by atoms with Crippen LogP contribution in [-0.4, -0.2) is 48.8 Å². The van der Waals surface area contributed by atoms with Crippen LogP contribution < -0.4 is 9.47 Å². The van der Waals surface area contributed by atoms with Crippen LogP contribution in [0.4, 0.5) is 0 Å². The van der Waals surface area contributed by atoms with E-state index in [1.165, 1.54) is 11.1 Å². The van der Waals surface area contributed by atoms with Crippen molar-refractivity contribution >= 4 is 6.21 Å². The summed E-state index contributed by atoms with van der Waals surface area (Å²) in [4.78, 5) is 0. The van der Waals surface area contributed by atoms with E-state index < -0.39 is 6.10 Å². The van der Waals surface area contributed by atoms with Gasteiger partial charge in [-0.15, -0.1) is 0 Å². The van der Waals surface area contributed by atoms with E-state index in [1.54, 1.807) is 7.11 Å². The lowest BCUT2D eigenvalue weighted by atomic mass is 9.69. The van der Waals surface area contributed by atoms with Crippen LogP contribution in [0.3, 0.4) is 0 Å². The second-order valence-corrected chi connectivity index (χ2v) is 6.23. The average Bonchev–Trinajstić information content (AvgIpc) is 2.72. The van der Waals surface area contributed by atoms with Gasteiger partial charge in [0.2, 0.25) is 0 Å². The van der Waals surface area contributed by atoms with E-state index in [0.717, 1.165) is 24.5 Å². The molecule has 21 heavy (non-hydrogen) atoms. The van der Waals surface area contributed by atoms with E-state index >= 15 is 0 Å². The number of hydrogen-bond donors (Lipinski definition) is 1. The normalized spacial score (nSPS) is 32.6. The third-order valence-corrected chi connectivity index (χ3v) is 4.98. The van der Waals surface area contributed by atoms with Crippen LogP contribution in [-0.2, 0) is 5.41 Å². The first-order valence-electron chi connectivity index (χ1n) is 7.45. The Kier molecular flexibility index (Phi) is 2.67. The fourth-order valence-electron chi connectivity index (χ4n) is 3.92. The summed E-state index contributed by atoms with van der Waals surface area (Å²) >= 11 is 0. The first kappa shape index (κ1) is 12.9. The summed E-state index contributed by atoms with van der Waals surface area (Å²) in [5.41, 5.74) is 2.27. The monoisotopic (exact) mass is 286 g/mol. The molecule has 4 heteroatoms. The molecular formula is C17H20NO3+. The molecular weight excluding hydrogens is 266 g/mol. The number of methoxy groups -OCH3 is 1. The highest BCUT2D eigenvalue weighted by Gasteiger charge is 2.53. The minimum atomic E-state index is -0.422. The number of hydrogen-bond acceptors (Lipinski definition) is 3. The largest absolute Gasteiger partial charge is 0.493 e. The van der Waals surface area contributed by atoms with Gasteiger partial charge in [-0.05, 0) is 12.1 Å². The molecule has 0 fully saturated rings. The van der Waals surface area contributed by atoms with Gasteiger partial charge in [0, 0.05) is 24.0 Å². The van der Waals surface area contributed by atoms with Gasteiger partial charge in [0.1, 0.15) is 19.7 Å². The van der Waals surface area contributed by atoms with Gasteiger partial charge >= 0.3 is 0 Å². The van der Waals surface area contributed by atoms with Crippen LogP contribution in [0, 0.1) is 0 Å². The lowest BCUT2D eigenvalue weighted by Crippen LogP contribution is -2.42. The molecule has 1 spiro atoms. The topological polar surface area (TPSA) is 41.7 Å². The van der Waals surface area contributed by atoms with Gasteiger partial charge < -0.3 is 14.6 Å². The lowest BCUT2D eigenvalue weighted by Gasteiger charge is -2.34. The van der Waals surface area contributed by atoms with Crippen LogP contribution >= 0.6 is 0 Å². The summed E-state index contributed by atoms with van der Waals surface area (Å²) in [6.45, 7) is 0.969. The molecule has 0 aromatic heterocycles. The van der Waals surface area contributed by atoms with Crippen molar-refractivity contribution < 1.29 is 19.2 Å². The zero-order valence-corrected chi connectivity index (χ0v) is 12.4. The van der Waals surface area contributed by atoms with Crippen LogP contribution in [0.25, 0.3) is 0 Å². The second kappa shape index (κ2) is 4.34. The zero-order chi connectivity index (χ0) is 14.6. The van der Waals surface area contributed by atoms with Crippen LogP contribution in [0.15, 0.2) is 24.3 Å². The number of nitrogens with zero attached hydrogens (tertiary/aromatic N) is 1. The van der Waals surface area contributed by atoms with Gasteiger partial charge in [-0.2, -0.15) is 0 Å². The van der Waals surface area contributed by atoms with Crippen molar-refractivity contribution in [2.24, 2.45) is 0 Å². The van der Waals surface area contributed by atoms with Crippen molar-refractivity contribution in [2.75, 3.05) is 20.7 Å². The van der Waals surface area contributed by atoms with Crippen LogP contribution in [0.5, 0.6) is 11.5 Å². The number of ether oxygens (including phenoxy) is 2. The third-order valence-electron chi connectivity index (χ3n) is 4.98. The average molecular weight is 286 g/mol. The first-order chi connectivity index (χ1) is 10.1. The molecule has 110 valence electrons. The number of benzene rings is 1. The fourth-order valence-corrected chi connectivity index (χ4v) is 3.92. The van der Waals surface area contributed by atoms with E-state index in [4.69, 9.17) is 9.47 Å². The molecule has 2 aliphatic heterocycles. The summed E-state index contributed by atoms with van der Waals surface area (Å²) in [6, 6.07) is 4.07. The molecule has 3 unspecified atom stereocenters. The molecule has 1 aromatic carbocycles. The van der Waals surface area contributed by atoms with Crippen molar-refractivity contribution in [3.05, 3.63) is 35.4 Å². The van der Waals surface area contributed by atoms with E-state index in [1.807, 2.05) is 12.1 Å². The molecule has 1 aliphatic carbocycles. The molecule has 4 nitrogen and oxygen atoms in total. The van der Waals surface area contributed by atoms with Crippen molar-refractivity contribution in [2.45, 2.75) is 30.5 Å². The van der Waals surface area contributed by atoms with Gasteiger partial charge in [0.25, 0.3) is 0 Å². The summed E-state index contributed by atoms with van der Waals surface area (Å²) in [6.07, 6.45) is 7.45. The summed E-state index contributed by atoms with van der Waals surface area (Å²) < 4.78 is 13.9. The van der Waals surface area contributed by atoms with Gasteiger partial charge in [-0.3, -0.25) is 0 Å². The van der Waals surface area contributed by atoms with E-state index in [2.05, 4.69) is 30.0 Å². The highest BCUT2D eigenvalue weighted by Crippen LogP contribution is 2.54. The Bertz CT molecular complexity index is 664. The molecule has 0 bridgehead atoms. The van der Waals surface area contributed by atoms with Gasteiger partial charge in [0.15, 0.2) is 17.7 Å². The zero-order valence-electron chi connectivity index (χ0n) is 12.4. The molecule has 1 aromatic rings. The minimum Gasteiger partial charge on any atom is -0.493 e. The molecule has 1 N–H and O–H groups in total. The Hall–Kier alpha value is -1.81. The maximum Gasteiger partial charge on any atom is 0.170 e.